The molecule has 2 aromatic heterocycles. The summed E-state index contributed by atoms with van der Waals surface area (Å²) in [6.07, 6.45) is 1.61. The van der Waals surface area contributed by atoms with Crippen LogP contribution in [0.3, 0.4) is 0 Å². The van der Waals surface area contributed by atoms with E-state index in [9.17, 15) is 14.4 Å². The summed E-state index contributed by atoms with van der Waals surface area (Å²) >= 11 is 1.12. The fraction of sp³-hybridized carbons (Fsp3) is 0.136. The van der Waals surface area contributed by atoms with Gasteiger partial charge in [-0.1, -0.05) is 30.0 Å². The SMILES string of the molecule is C=CCn1c(=O)c2ccccc2n2c(SCC(=O)NC(=O)c3ccc(OC)cc3)nnc12. The van der Waals surface area contributed by atoms with E-state index in [2.05, 4.69) is 22.1 Å². The minimum atomic E-state index is -0.505. The van der Waals surface area contributed by atoms with E-state index in [1.165, 1.54) is 11.7 Å². The van der Waals surface area contributed by atoms with Crippen molar-refractivity contribution in [2.45, 2.75) is 11.7 Å². The maximum absolute atomic E-state index is 12.8. The second kappa shape index (κ2) is 9.06. The largest absolute Gasteiger partial charge is 0.497 e. The third-order valence-corrected chi connectivity index (χ3v) is 5.66. The van der Waals surface area contributed by atoms with Gasteiger partial charge in [0.2, 0.25) is 11.7 Å². The highest BCUT2D eigenvalue weighted by atomic mass is 32.2. The van der Waals surface area contributed by atoms with E-state index in [0.717, 1.165) is 11.8 Å². The number of allylic oxidation sites excluding steroid dienone is 1. The monoisotopic (exact) mass is 449 g/mol. The first-order chi connectivity index (χ1) is 15.5. The fourth-order valence-electron chi connectivity index (χ4n) is 3.23. The molecule has 0 unspecified atom stereocenters. The van der Waals surface area contributed by atoms with E-state index in [4.69, 9.17) is 4.74 Å². The molecule has 0 spiro atoms. The Balaban J connectivity index is 1.57. The molecule has 2 aromatic carbocycles. The number of aromatic nitrogens is 4. The number of carbonyl (C=O) groups is 2. The smallest absolute Gasteiger partial charge is 0.263 e. The van der Waals surface area contributed by atoms with Crippen LogP contribution in [-0.4, -0.2) is 43.8 Å². The number of methoxy groups -OCH3 is 1. The van der Waals surface area contributed by atoms with Gasteiger partial charge in [-0.2, -0.15) is 0 Å². The zero-order chi connectivity index (χ0) is 22.7. The van der Waals surface area contributed by atoms with Gasteiger partial charge in [0.1, 0.15) is 5.75 Å². The first kappa shape index (κ1) is 21.3. The number of imide groups is 1. The average Bonchev–Trinajstić information content (AvgIpc) is 3.24. The number of ether oxygens (including phenoxy) is 1. The molecule has 0 saturated heterocycles. The molecule has 0 aliphatic heterocycles. The lowest BCUT2D eigenvalue weighted by Gasteiger charge is -2.09. The van der Waals surface area contributed by atoms with Crippen LogP contribution in [0.1, 0.15) is 10.4 Å². The van der Waals surface area contributed by atoms with E-state index in [0.29, 0.717) is 33.1 Å². The van der Waals surface area contributed by atoms with Crippen molar-refractivity contribution in [2.24, 2.45) is 0 Å². The normalized spacial score (nSPS) is 10.9. The van der Waals surface area contributed by atoms with Gasteiger partial charge in [-0.15, -0.1) is 16.8 Å². The summed E-state index contributed by atoms with van der Waals surface area (Å²) in [5.41, 5.74) is 0.784. The predicted octanol–water partition coefficient (Wildman–Crippen LogP) is 2.29. The Morgan fingerprint density at radius 1 is 1.16 bits per heavy atom. The van der Waals surface area contributed by atoms with E-state index < -0.39 is 11.8 Å². The number of nitrogens with one attached hydrogen (secondary N) is 1. The number of carbonyl (C=O) groups excluding carboxylic acids is 2. The first-order valence-corrected chi connectivity index (χ1v) is 10.6. The highest BCUT2D eigenvalue weighted by molar-refractivity contribution is 7.99. The van der Waals surface area contributed by atoms with Gasteiger partial charge in [-0.25, -0.2) is 0 Å². The number of amides is 2. The zero-order valence-corrected chi connectivity index (χ0v) is 18.0. The lowest BCUT2D eigenvalue weighted by Crippen LogP contribution is -2.31. The van der Waals surface area contributed by atoms with Crippen molar-refractivity contribution in [3.8, 4) is 5.75 Å². The van der Waals surface area contributed by atoms with Gasteiger partial charge in [-0.05, 0) is 36.4 Å². The molecule has 10 heteroatoms. The molecule has 1 N–H and O–H groups in total. The molecular weight excluding hydrogens is 430 g/mol. The molecule has 0 atom stereocenters. The van der Waals surface area contributed by atoms with Crippen LogP contribution in [0.4, 0.5) is 0 Å². The van der Waals surface area contributed by atoms with Crippen LogP contribution in [0.15, 0.2) is 71.1 Å². The van der Waals surface area contributed by atoms with Crippen molar-refractivity contribution in [3.63, 3.8) is 0 Å². The summed E-state index contributed by atoms with van der Waals surface area (Å²) in [6, 6.07) is 13.6. The summed E-state index contributed by atoms with van der Waals surface area (Å²) in [6.45, 7) is 3.97. The summed E-state index contributed by atoms with van der Waals surface area (Å²) < 4.78 is 8.26. The second-order valence-electron chi connectivity index (χ2n) is 6.73. The lowest BCUT2D eigenvalue weighted by atomic mass is 10.2. The van der Waals surface area contributed by atoms with Gasteiger partial charge in [0, 0.05) is 12.1 Å². The fourth-order valence-corrected chi connectivity index (χ4v) is 3.97. The summed E-state index contributed by atoms with van der Waals surface area (Å²) in [5.74, 6) is -0.0709. The highest BCUT2D eigenvalue weighted by Crippen LogP contribution is 2.21. The van der Waals surface area contributed by atoms with Crippen molar-refractivity contribution >= 4 is 40.3 Å². The Bertz CT molecular complexity index is 1390. The van der Waals surface area contributed by atoms with Crippen LogP contribution in [0.2, 0.25) is 0 Å². The van der Waals surface area contributed by atoms with Crippen molar-refractivity contribution < 1.29 is 14.3 Å². The molecule has 162 valence electrons. The van der Waals surface area contributed by atoms with Gasteiger partial charge in [0.15, 0.2) is 5.16 Å². The van der Waals surface area contributed by atoms with Gasteiger partial charge in [0.05, 0.1) is 23.8 Å². The standard InChI is InChI=1S/C22H19N5O4S/c1-3-12-26-20(30)16-6-4-5-7-17(16)27-21(26)24-25-22(27)32-13-18(28)23-19(29)14-8-10-15(31-2)11-9-14/h3-11H,1,12-13H2,2H3,(H,23,28,29). The molecule has 0 aliphatic rings. The lowest BCUT2D eigenvalue weighted by molar-refractivity contribution is -0.117. The molecule has 2 heterocycles. The van der Waals surface area contributed by atoms with Gasteiger partial charge >= 0.3 is 0 Å². The maximum atomic E-state index is 12.8. The Morgan fingerprint density at radius 3 is 2.62 bits per heavy atom. The van der Waals surface area contributed by atoms with Gasteiger partial charge in [-0.3, -0.25) is 28.7 Å². The van der Waals surface area contributed by atoms with E-state index >= 15 is 0 Å². The van der Waals surface area contributed by atoms with Crippen LogP contribution in [0.5, 0.6) is 5.75 Å². The Hall–Kier alpha value is -3.92. The maximum Gasteiger partial charge on any atom is 0.263 e. The molecule has 0 radical (unpaired) electrons. The number of nitrogens with zero attached hydrogens (tertiary/aromatic N) is 4. The number of thioether (sulfide) groups is 1. The van der Waals surface area contributed by atoms with Crippen molar-refractivity contribution in [1.82, 2.24) is 24.5 Å². The number of fused-ring (bicyclic) bond motifs is 3. The van der Waals surface area contributed by atoms with E-state index in [1.54, 1.807) is 52.9 Å². The highest BCUT2D eigenvalue weighted by Gasteiger charge is 2.18. The van der Waals surface area contributed by atoms with Crippen molar-refractivity contribution in [1.29, 1.82) is 0 Å². The zero-order valence-electron chi connectivity index (χ0n) is 17.1. The predicted molar refractivity (Wildman–Crippen MR) is 121 cm³/mol. The molecule has 4 rings (SSSR count). The number of hydrogen-bond donors (Lipinski definition) is 1. The summed E-state index contributed by atoms with van der Waals surface area (Å²) in [7, 11) is 1.53. The van der Waals surface area contributed by atoms with Gasteiger partial charge in [0.25, 0.3) is 11.5 Å². The van der Waals surface area contributed by atoms with Crippen LogP contribution < -0.4 is 15.6 Å². The Kier molecular flexibility index (Phi) is 6.04. The molecule has 0 bridgehead atoms. The molecule has 0 aliphatic carbocycles. The second-order valence-corrected chi connectivity index (χ2v) is 7.68. The molecule has 4 aromatic rings. The number of para-hydroxylation sites is 1. The quantitative estimate of drug-likeness (QED) is 0.341. The molecule has 32 heavy (non-hydrogen) atoms. The summed E-state index contributed by atoms with van der Waals surface area (Å²) in [5, 5.41) is 11.6. The third-order valence-electron chi connectivity index (χ3n) is 4.73. The molecule has 0 fully saturated rings. The topological polar surface area (TPSA) is 108 Å². The average molecular weight is 449 g/mol. The van der Waals surface area contributed by atoms with Crippen LogP contribution in [0.25, 0.3) is 16.7 Å². The van der Waals surface area contributed by atoms with Crippen molar-refractivity contribution in [3.05, 3.63) is 77.1 Å². The number of rotatable bonds is 7. The number of benzene rings is 2. The minimum Gasteiger partial charge on any atom is -0.497 e. The van der Waals surface area contributed by atoms with E-state index in [-0.39, 0.29) is 17.9 Å². The van der Waals surface area contributed by atoms with Crippen LogP contribution in [-0.2, 0) is 11.3 Å². The summed E-state index contributed by atoms with van der Waals surface area (Å²) in [4.78, 5) is 37.5. The molecule has 2 amide bonds. The molecule has 0 saturated carbocycles. The third kappa shape index (κ3) is 4.00. The Labute approximate surface area is 186 Å². The Morgan fingerprint density at radius 2 is 1.91 bits per heavy atom. The van der Waals surface area contributed by atoms with E-state index in [1.807, 2.05) is 6.07 Å². The first-order valence-electron chi connectivity index (χ1n) is 9.62. The number of hydrogen-bond acceptors (Lipinski definition) is 7. The van der Waals surface area contributed by atoms with Crippen molar-refractivity contribution in [2.75, 3.05) is 12.9 Å². The molecular formula is C22H19N5O4S. The van der Waals surface area contributed by atoms with Crippen LogP contribution in [0, 0.1) is 0 Å². The van der Waals surface area contributed by atoms with Gasteiger partial charge < -0.3 is 4.74 Å². The van der Waals surface area contributed by atoms with Crippen LogP contribution >= 0.6 is 11.8 Å². The minimum absolute atomic E-state index is 0.0579. The molecule has 9 nitrogen and oxygen atoms in total.